The summed E-state index contributed by atoms with van der Waals surface area (Å²) in [6.07, 6.45) is 0.635. The van der Waals surface area contributed by atoms with Gasteiger partial charge in [0.25, 0.3) is 0 Å². The highest BCUT2D eigenvalue weighted by Gasteiger charge is 2.50. The van der Waals surface area contributed by atoms with E-state index in [1.807, 2.05) is 0 Å². The molecule has 1 aliphatic rings. The maximum atomic E-state index is 11.5. The van der Waals surface area contributed by atoms with Gasteiger partial charge in [-0.25, -0.2) is 4.79 Å². The van der Waals surface area contributed by atoms with Crippen LogP contribution >= 0.6 is 0 Å². The first-order valence-electron chi connectivity index (χ1n) is 5.28. The molecule has 0 aromatic heterocycles. The molecule has 1 aliphatic carbocycles. The van der Waals surface area contributed by atoms with Crippen molar-refractivity contribution < 1.29 is 19.8 Å². The van der Waals surface area contributed by atoms with E-state index in [9.17, 15) is 9.59 Å². The third kappa shape index (κ3) is 3.10. The van der Waals surface area contributed by atoms with Gasteiger partial charge in [-0.1, -0.05) is 0 Å². The number of hydrogen-bond acceptors (Lipinski definition) is 3. The van der Waals surface area contributed by atoms with Gasteiger partial charge in [0.2, 0.25) is 0 Å². The number of nitrogens with one attached hydrogen (secondary N) is 1. The first-order valence-corrected chi connectivity index (χ1v) is 5.28. The third-order valence-electron chi connectivity index (χ3n) is 2.77. The monoisotopic (exact) mass is 230 g/mol. The van der Waals surface area contributed by atoms with Gasteiger partial charge >= 0.3 is 12.0 Å². The van der Waals surface area contributed by atoms with Crippen molar-refractivity contribution in [3.05, 3.63) is 0 Å². The van der Waals surface area contributed by atoms with E-state index in [2.05, 4.69) is 5.32 Å². The minimum absolute atomic E-state index is 0.158. The van der Waals surface area contributed by atoms with Crippen molar-refractivity contribution in [2.45, 2.75) is 25.9 Å². The average Bonchev–Trinajstić information content (AvgIpc) is 2.93. The number of hydrogen-bond donors (Lipinski definition) is 3. The van der Waals surface area contributed by atoms with Gasteiger partial charge in [-0.15, -0.1) is 0 Å². The molecular weight excluding hydrogens is 212 g/mol. The number of carboxylic acids is 1. The SMILES string of the molecule is CC(O)CN(C)C(=O)NCC1(C(=O)O)CC1. The lowest BCUT2D eigenvalue weighted by molar-refractivity contribution is -0.143. The van der Waals surface area contributed by atoms with E-state index in [4.69, 9.17) is 10.2 Å². The first-order chi connectivity index (χ1) is 7.37. The molecule has 0 aliphatic heterocycles. The number of carbonyl (C=O) groups is 2. The van der Waals surface area contributed by atoms with Crippen molar-refractivity contribution in [2.75, 3.05) is 20.1 Å². The third-order valence-corrected chi connectivity index (χ3v) is 2.77. The summed E-state index contributed by atoms with van der Waals surface area (Å²) < 4.78 is 0. The van der Waals surface area contributed by atoms with Gasteiger partial charge in [-0.3, -0.25) is 4.79 Å². The first kappa shape index (κ1) is 12.8. The van der Waals surface area contributed by atoms with Crippen molar-refractivity contribution in [1.82, 2.24) is 10.2 Å². The molecule has 16 heavy (non-hydrogen) atoms. The van der Waals surface area contributed by atoms with Crippen LogP contribution in [0.15, 0.2) is 0 Å². The summed E-state index contributed by atoms with van der Waals surface area (Å²) >= 11 is 0. The molecule has 1 fully saturated rings. The molecule has 6 heteroatoms. The highest BCUT2D eigenvalue weighted by Crippen LogP contribution is 2.45. The number of likely N-dealkylation sites (N-methyl/N-ethyl adjacent to an activating group) is 1. The smallest absolute Gasteiger partial charge is 0.317 e. The molecule has 1 rings (SSSR count). The number of aliphatic carboxylic acids is 1. The topological polar surface area (TPSA) is 89.9 Å². The Morgan fingerprint density at radius 2 is 2.06 bits per heavy atom. The Morgan fingerprint density at radius 3 is 2.44 bits per heavy atom. The fraction of sp³-hybridized carbons (Fsp3) is 0.800. The summed E-state index contributed by atoms with van der Waals surface area (Å²) in [5.74, 6) is -0.856. The molecule has 92 valence electrons. The van der Waals surface area contributed by atoms with Crippen molar-refractivity contribution in [2.24, 2.45) is 5.41 Å². The van der Waals surface area contributed by atoms with Gasteiger partial charge in [0, 0.05) is 20.1 Å². The van der Waals surface area contributed by atoms with Gasteiger partial charge in [-0.05, 0) is 19.8 Å². The van der Waals surface area contributed by atoms with Crippen LogP contribution in [0.2, 0.25) is 0 Å². The van der Waals surface area contributed by atoms with Crippen LogP contribution in [-0.4, -0.2) is 53.4 Å². The zero-order valence-electron chi connectivity index (χ0n) is 9.56. The van der Waals surface area contributed by atoms with Gasteiger partial charge in [0.1, 0.15) is 0 Å². The van der Waals surface area contributed by atoms with Crippen LogP contribution in [0.1, 0.15) is 19.8 Å². The number of carboxylic acid groups (broad SMARTS) is 1. The molecule has 0 aromatic rings. The summed E-state index contributed by atoms with van der Waals surface area (Å²) in [6.45, 7) is 1.97. The molecule has 1 atom stereocenters. The largest absolute Gasteiger partial charge is 0.481 e. The zero-order chi connectivity index (χ0) is 12.3. The van der Waals surface area contributed by atoms with E-state index in [0.717, 1.165) is 0 Å². The highest BCUT2D eigenvalue weighted by molar-refractivity contribution is 5.80. The standard InChI is InChI=1S/C10H18N2O4/c1-7(13)5-12(2)9(16)11-6-10(3-4-10)8(14)15/h7,13H,3-6H2,1-2H3,(H,11,16)(H,14,15). The Bertz CT molecular complexity index is 287. The second-order valence-corrected chi connectivity index (χ2v) is 4.47. The molecule has 2 amide bonds. The maximum Gasteiger partial charge on any atom is 0.317 e. The molecule has 6 nitrogen and oxygen atoms in total. The number of aliphatic hydroxyl groups is 1. The average molecular weight is 230 g/mol. The minimum Gasteiger partial charge on any atom is -0.481 e. The van der Waals surface area contributed by atoms with Crippen molar-refractivity contribution in [3.8, 4) is 0 Å². The highest BCUT2D eigenvalue weighted by atomic mass is 16.4. The lowest BCUT2D eigenvalue weighted by Crippen LogP contribution is -2.43. The lowest BCUT2D eigenvalue weighted by atomic mass is 10.1. The second-order valence-electron chi connectivity index (χ2n) is 4.47. The van der Waals surface area contributed by atoms with Crippen molar-refractivity contribution >= 4 is 12.0 Å². The lowest BCUT2D eigenvalue weighted by Gasteiger charge is -2.20. The number of urea groups is 1. The van der Waals surface area contributed by atoms with Gasteiger partial charge in [-0.2, -0.15) is 0 Å². The Morgan fingerprint density at radius 1 is 1.50 bits per heavy atom. The molecule has 1 unspecified atom stereocenters. The van der Waals surface area contributed by atoms with E-state index < -0.39 is 17.5 Å². The van der Waals surface area contributed by atoms with Gasteiger partial charge in [0.15, 0.2) is 0 Å². The van der Waals surface area contributed by atoms with Crippen LogP contribution in [0.25, 0.3) is 0 Å². The molecular formula is C10H18N2O4. The number of aliphatic hydroxyl groups excluding tert-OH is 1. The molecule has 0 radical (unpaired) electrons. The predicted octanol–water partition coefficient (Wildman–Crippen LogP) is -0.127. The summed E-state index contributed by atoms with van der Waals surface area (Å²) in [4.78, 5) is 23.7. The van der Waals surface area contributed by atoms with Crippen LogP contribution < -0.4 is 5.32 Å². The number of nitrogens with zero attached hydrogens (tertiary/aromatic N) is 1. The number of carbonyl (C=O) groups excluding carboxylic acids is 1. The molecule has 0 bridgehead atoms. The zero-order valence-corrected chi connectivity index (χ0v) is 9.56. The van der Waals surface area contributed by atoms with Crippen molar-refractivity contribution in [3.63, 3.8) is 0 Å². The summed E-state index contributed by atoms with van der Waals surface area (Å²) in [5, 5.41) is 20.5. The predicted molar refractivity (Wildman–Crippen MR) is 57.0 cm³/mol. The molecule has 0 saturated heterocycles. The van der Waals surface area contributed by atoms with E-state index in [0.29, 0.717) is 12.8 Å². The van der Waals surface area contributed by atoms with E-state index in [1.54, 1.807) is 14.0 Å². The Hall–Kier alpha value is -1.30. The molecule has 0 aromatic carbocycles. The van der Waals surface area contributed by atoms with Crippen LogP contribution in [-0.2, 0) is 4.79 Å². The van der Waals surface area contributed by atoms with Crippen molar-refractivity contribution in [1.29, 1.82) is 0 Å². The van der Waals surface area contributed by atoms with Crippen LogP contribution in [0.3, 0.4) is 0 Å². The maximum absolute atomic E-state index is 11.5. The van der Waals surface area contributed by atoms with Gasteiger partial charge < -0.3 is 20.4 Å². The van der Waals surface area contributed by atoms with Gasteiger partial charge in [0.05, 0.1) is 11.5 Å². The summed E-state index contributed by atoms with van der Waals surface area (Å²) in [7, 11) is 1.56. The Labute approximate surface area is 94.2 Å². The fourth-order valence-electron chi connectivity index (χ4n) is 1.48. The fourth-order valence-corrected chi connectivity index (χ4v) is 1.48. The van der Waals surface area contributed by atoms with E-state index in [-0.39, 0.29) is 19.1 Å². The van der Waals surface area contributed by atoms with Crippen LogP contribution in [0, 0.1) is 5.41 Å². The summed E-state index contributed by atoms with van der Waals surface area (Å²) in [6, 6.07) is -0.353. The van der Waals surface area contributed by atoms with Crippen LogP contribution in [0.4, 0.5) is 4.79 Å². The molecule has 0 heterocycles. The number of amides is 2. The normalized spacial score (nSPS) is 18.7. The van der Waals surface area contributed by atoms with Crippen LogP contribution in [0.5, 0.6) is 0 Å². The Balaban J connectivity index is 2.33. The minimum atomic E-state index is -0.856. The van der Waals surface area contributed by atoms with E-state index >= 15 is 0 Å². The molecule has 3 N–H and O–H groups in total. The van der Waals surface area contributed by atoms with E-state index in [1.165, 1.54) is 4.90 Å². The second kappa shape index (κ2) is 4.69. The number of rotatable bonds is 5. The quantitative estimate of drug-likeness (QED) is 0.614. The molecule has 1 saturated carbocycles. The summed E-state index contributed by atoms with van der Waals surface area (Å²) in [5.41, 5.74) is -0.749. The molecule has 0 spiro atoms. The Kier molecular flexibility index (Phi) is 3.74.